The number of hydrogen-bond acceptors (Lipinski definition) is 4. The number of ketones is 1. The number of carbonyl (C=O) groups is 2. The number of esters is 1. The van der Waals surface area contributed by atoms with Crippen molar-refractivity contribution in [2.45, 2.75) is 20.8 Å². The fourth-order valence-corrected chi connectivity index (χ4v) is 3.04. The molecular formula is C26H22O4. The molecule has 3 aromatic rings. The maximum absolute atomic E-state index is 12.7. The number of carbonyl (C=O) groups excluding carboxylic acids is 2. The maximum Gasteiger partial charge on any atom is 0.316 e. The van der Waals surface area contributed by atoms with Crippen molar-refractivity contribution in [1.82, 2.24) is 0 Å². The molecule has 4 heteroatoms. The quantitative estimate of drug-likeness (QED) is 0.312. The second-order valence-corrected chi connectivity index (χ2v) is 8.23. The fourth-order valence-electron chi connectivity index (χ4n) is 3.04. The van der Waals surface area contributed by atoms with E-state index in [2.05, 4.69) is 12.1 Å². The first-order valence-corrected chi connectivity index (χ1v) is 9.77. The van der Waals surface area contributed by atoms with E-state index in [-0.39, 0.29) is 17.5 Å². The van der Waals surface area contributed by atoms with Crippen LogP contribution >= 0.6 is 0 Å². The SMILES string of the molecule is CC(C)(C)C(=O)Oc1ccc2c(c1)O/C(=C\c1ccc(-c3ccccc3)cc1)C2=O. The second-order valence-electron chi connectivity index (χ2n) is 8.23. The highest BCUT2D eigenvalue weighted by Crippen LogP contribution is 2.35. The molecule has 0 saturated carbocycles. The average Bonchev–Trinajstić information content (AvgIpc) is 3.03. The minimum absolute atomic E-state index is 0.189. The Bertz CT molecular complexity index is 1130. The van der Waals surface area contributed by atoms with E-state index in [0.29, 0.717) is 17.1 Å². The molecule has 4 rings (SSSR count). The summed E-state index contributed by atoms with van der Waals surface area (Å²) in [6, 6.07) is 22.8. The third-order valence-electron chi connectivity index (χ3n) is 4.78. The lowest BCUT2D eigenvalue weighted by molar-refractivity contribution is -0.143. The Balaban J connectivity index is 1.53. The van der Waals surface area contributed by atoms with Gasteiger partial charge in [0.05, 0.1) is 11.0 Å². The van der Waals surface area contributed by atoms with Crippen molar-refractivity contribution in [2.75, 3.05) is 0 Å². The second kappa shape index (κ2) is 7.64. The van der Waals surface area contributed by atoms with Crippen molar-refractivity contribution in [2.24, 2.45) is 5.41 Å². The van der Waals surface area contributed by atoms with E-state index in [4.69, 9.17) is 9.47 Å². The fraction of sp³-hybridized carbons (Fsp3) is 0.154. The molecule has 0 unspecified atom stereocenters. The Morgan fingerprint density at radius 3 is 2.23 bits per heavy atom. The van der Waals surface area contributed by atoms with Gasteiger partial charge in [-0.05, 0) is 55.7 Å². The van der Waals surface area contributed by atoms with Gasteiger partial charge in [-0.25, -0.2) is 0 Å². The van der Waals surface area contributed by atoms with Crippen LogP contribution in [0, 0.1) is 5.41 Å². The van der Waals surface area contributed by atoms with Gasteiger partial charge in [0.1, 0.15) is 11.5 Å². The lowest BCUT2D eigenvalue weighted by Crippen LogP contribution is -2.25. The van der Waals surface area contributed by atoms with Gasteiger partial charge >= 0.3 is 5.97 Å². The largest absolute Gasteiger partial charge is 0.452 e. The molecule has 150 valence electrons. The lowest BCUT2D eigenvalue weighted by atomic mass is 9.97. The van der Waals surface area contributed by atoms with Gasteiger partial charge in [0.25, 0.3) is 0 Å². The highest BCUT2D eigenvalue weighted by atomic mass is 16.5. The smallest absolute Gasteiger partial charge is 0.316 e. The molecule has 0 radical (unpaired) electrons. The average molecular weight is 398 g/mol. The number of benzene rings is 3. The minimum Gasteiger partial charge on any atom is -0.452 e. The van der Waals surface area contributed by atoms with E-state index in [1.807, 2.05) is 42.5 Å². The van der Waals surface area contributed by atoms with Gasteiger partial charge < -0.3 is 9.47 Å². The van der Waals surface area contributed by atoms with E-state index < -0.39 is 5.41 Å². The summed E-state index contributed by atoms with van der Waals surface area (Å²) >= 11 is 0. The van der Waals surface area contributed by atoms with E-state index >= 15 is 0 Å². The van der Waals surface area contributed by atoms with E-state index in [0.717, 1.165) is 16.7 Å². The predicted octanol–water partition coefficient (Wildman–Crippen LogP) is 5.92. The summed E-state index contributed by atoms with van der Waals surface area (Å²) in [5.74, 6) is 0.463. The van der Waals surface area contributed by atoms with Crippen LogP contribution in [0.25, 0.3) is 17.2 Å². The predicted molar refractivity (Wildman–Crippen MR) is 116 cm³/mol. The first kappa shape index (κ1) is 19.6. The lowest BCUT2D eigenvalue weighted by Gasteiger charge is -2.16. The topological polar surface area (TPSA) is 52.6 Å². The maximum atomic E-state index is 12.7. The van der Waals surface area contributed by atoms with Gasteiger partial charge in [-0.1, -0.05) is 54.6 Å². The van der Waals surface area contributed by atoms with Crippen LogP contribution in [0.5, 0.6) is 11.5 Å². The Labute approximate surface area is 175 Å². The normalized spacial score (nSPS) is 14.4. The number of rotatable bonds is 3. The molecule has 0 aliphatic carbocycles. The Morgan fingerprint density at radius 1 is 0.900 bits per heavy atom. The van der Waals surface area contributed by atoms with Crippen molar-refractivity contribution in [3.63, 3.8) is 0 Å². The third-order valence-corrected chi connectivity index (χ3v) is 4.78. The Morgan fingerprint density at radius 2 is 1.57 bits per heavy atom. The van der Waals surface area contributed by atoms with Crippen LogP contribution in [-0.2, 0) is 4.79 Å². The molecular weight excluding hydrogens is 376 g/mol. The van der Waals surface area contributed by atoms with Crippen LogP contribution in [0.2, 0.25) is 0 Å². The molecule has 0 aromatic heterocycles. The van der Waals surface area contributed by atoms with Gasteiger partial charge in [-0.3, -0.25) is 9.59 Å². The molecule has 0 bridgehead atoms. The van der Waals surface area contributed by atoms with Crippen molar-refractivity contribution in [3.05, 3.63) is 89.7 Å². The zero-order valence-corrected chi connectivity index (χ0v) is 17.1. The highest BCUT2D eigenvalue weighted by molar-refractivity contribution is 6.14. The highest BCUT2D eigenvalue weighted by Gasteiger charge is 2.29. The van der Waals surface area contributed by atoms with Crippen LogP contribution in [0.15, 0.2) is 78.6 Å². The first-order valence-electron chi connectivity index (χ1n) is 9.77. The van der Waals surface area contributed by atoms with Crippen molar-refractivity contribution < 1.29 is 19.1 Å². The van der Waals surface area contributed by atoms with Crippen LogP contribution in [0.3, 0.4) is 0 Å². The van der Waals surface area contributed by atoms with Gasteiger partial charge in [0, 0.05) is 6.07 Å². The summed E-state index contributed by atoms with van der Waals surface area (Å²) in [7, 11) is 0. The van der Waals surface area contributed by atoms with Crippen molar-refractivity contribution in [1.29, 1.82) is 0 Å². The summed E-state index contributed by atoms with van der Waals surface area (Å²) in [5, 5.41) is 0. The third kappa shape index (κ3) is 4.03. The molecule has 0 spiro atoms. The summed E-state index contributed by atoms with van der Waals surface area (Å²) in [6.45, 7) is 5.35. The summed E-state index contributed by atoms with van der Waals surface area (Å²) in [6.07, 6.45) is 1.72. The molecule has 0 atom stereocenters. The molecule has 0 saturated heterocycles. The molecule has 30 heavy (non-hydrogen) atoms. The zero-order chi connectivity index (χ0) is 21.3. The molecule has 0 N–H and O–H groups in total. The first-order chi connectivity index (χ1) is 14.3. The summed E-state index contributed by atoms with van der Waals surface area (Å²) < 4.78 is 11.2. The van der Waals surface area contributed by atoms with Crippen molar-refractivity contribution >= 4 is 17.8 Å². The number of ether oxygens (including phenoxy) is 2. The summed E-state index contributed by atoms with van der Waals surface area (Å²) in [4.78, 5) is 24.8. The van der Waals surface area contributed by atoms with Gasteiger partial charge in [0.2, 0.25) is 5.78 Å². The number of Topliss-reactive ketones (excluding diaryl/α,β-unsaturated/α-hetero) is 1. The Kier molecular flexibility index (Phi) is 5.00. The van der Waals surface area contributed by atoms with E-state index in [1.165, 1.54) is 0 Å². The van der Waals surface area contributed by atoms with Gasteiger partial charge in [0.15, 0.2) is 5.76 Å². The zero-order valence-electron chi connectivity index (χ0n) is 17.1. The molecule has 1 heterocycles. The van der Waals surface area contributed by atoms with E-state index in [9.17, 15) is 9.59 Å². The number of allylic oxidation sites excluding steroid dienone is 1. The van der Waals surface area contributed by atoms with Crippen LogP contribution in [0.1, 0.15) is 36.7 Å². The standard InChI is InChI=1S/C26H22O4/c1-26(2,3)25(28)29-20-13-14-21-22(16-20)30-23(24(21)27)15-17-9-11-19(12-10-17)18-7-5-4-6-8-18/h4-16H,1-3H3/b23-15-. The number of fused-ring (bicyclic) bond motifs is 1. The minimum atomic E-state index is -0.618. The Hall–Kier alpha value is -3.66. The monoisotopic (exact) mass is 398 g/mol. The van der Waals surface area contributed by atoms with Crippen molar-refractivity contribution in [3.8, 4) is 22.6 Å². The molecule has 0 fully saturated rings. The van der Waals surface area contributed by atoms with Crippen LogP contribution < -0.4 is 9.47 Å². The molecule has 4 nitrogen and oxygen atoms in total. The number of hydrogen-bond donors (Lipinski definition) is 0. The molecule has 1 aliphatic rings. The molecule has 0 amide bonds. The molecule has 3 aromatic carbocycles. The van der Waals surface area contributed by atoms with Gasteiger partial charge in [-0.2, -0.15) is 0 Å². The summed E-state index contributed by atoms with van der Waals surface area (Å²) in [5.41, 5.74) is 2.94. The van der Waals surface area contributed by atoms with Gasteiger partial charge in [-0.15, -0.1) is 0 Å². The molecule has 1 aliphatic heterocycles. The van der Waals surface area contributed by atoms with Crippen LogP contribution in [0.4, 0.5) is 0 Å². The van der Waals surface area contributed by atoms with E-state index in [1.54, 1.807) is 45.0 Å². The van der Waals surface area contributed by atoms with Crippen LogP contribution in [-0.4, -0.2) is 11.8 Å².